The first-order chi connectivity index (χ1) is 13.9. The van der Waals surface area contributed by atoms with Crippen LogP contribution in [0.15, 0.2) is 53.7 Å². The van der Waals surface area contributed by atoms with Crippen molar-refractivity contribution in [2.75, 3.05) is 5.32 Å². The minimum Gasteiger partial charge on any atom is -0.325 e. The van der Waals surface area contributed by atoms with Crippen molar-refractivity contribution >= 4 is 29.0 Å². The number of nitrogens with zero attached hydrogens (tertiary/aromatic N) is 4. The third kappa shape index (κ3) is 4.62. The summed E-state index contributed by atoms with van der Waals surface area (Å²) in [6.07, 6.45) is 0. The van der Waals surface area contributed by atoms with Gasteiger partial charge in [0.1, 0.15) is 0 Å². The fraction of sp³-hybridized carbons (Fsp3) is 0.250. The third-order valence-corrected chi connectivity index (χ3v) is 5.50. The predicted molar refractivity (Wildman–Crippen MR) is 113 cm³/mol. The van der Waals surface area contributed by atoms with Gasteiger partial charge < -0.3 is 9.88 Å². The van der Waals surface area contributed by atoms with Gasteiger partial charge in [0, 0.05) is 29.9 Å². The number of nitro benzene ring substituents is 1. The molecule has 1 heterocycles. The highest BCUT2D eigenvalue weighted by Crippen LogP contribution is 2.28. The zero-order chi connectivity index (χ0) is 21.0. The van der Waals surface area contributed by atoms with Crippen molar-refractivity contribution in [3.05, 3.63) is 64.2 Å². The van der Waals surface area contributed by atoms with E-state index < -0.39 is 4.92 Å². The van der Waals surface area contributed by atoms with Crippen LogP contribution in [0.5, 0.6) is 0 Å². The second-order valence-corrected chi connectivity index (χ2v) is 7.73. The van der Waals surface area contributed by atoms with Crippen molar-refractivity contribution < 1.29 is 9.72 Å². The average molecular weight is 411 g/mol. The van der Waals surface area contributed by atoms with Crippen LogP contribution >= 0.6 is 11.8 Å². The Morgan fingerprint density at radius 3 is 2.52 bits per heavy atom. The molecule has 0 aliphatic heterocycles. The number of aromatic nitrogens is 3. The van der Waals surface area contributed by atoms with Gasteiger partial charge in [-0.1, -0.05) is 30.0 Å². The van der Waals surface area contributed by atoms with E-state index in [4.69, 9.17) is 0 Å². The number of benzene rings is 2. The van der Waals surface area contributed by atoms with Crippen LogP contribution in [0.4, 0.5) is 11.4 Å². The molecule has 8 nitrogen and oxygen atoms in total. The Labute approximate surface area is 172 Å². The van der Waals surface area contributed by atoms with Crippen LogP contribution in [0.1, 0.15) is 19.4 Å². The lowest BCUT2D eigenvalue weighted by molar-refractivity contribution is -0.384. The number of hydrogen-bond acceptors (Lipinski definition) is 6. The summed E-state index contributed by atoms with van der Waals surface area (Å²) in [5.74, 6) is 0.489. The lowest BCUT2D eigenvalue weighted by atomic mass is 10.2. The molecule has 29 heavy (non-hydrogen) atoms. The van der Waals surface area contributed by atoms with Crippen LogP contribution in [0, 0.1) is 17.0 Å². The summed E-state index contributed by atoms with van der Waals surface area (Å²) in [7, 11) is 0. The number of rotatable bonds is 7. The smallest absolute Gasteiger partial charge is 0.269 e. The Bertz CT molecular complexity index is 1030. The summed E-state index contributed by atoms with van der Waals surface area (Å²) in [5, 5.41) is 22.5. The molecule has 9 heteroatoms. The Balaban J connectivity index is 1.76. The number of anilines is 1. The Morgan fingerprint density at radius 2 is 1.90 bits per heavy atom. The van der Waals surface area contributed by atoms with Crippen molar-refractivity contribution in [1.82, 2.24) is 14.8 Å². The highest BCUT2D eigenvalue weighted by atomic mass is 32.2. The van der Waals surface area contributed by atoms with Gasteiger partial charge in [-0.05, 0) is 44.5 Å². The summed E-state index contributed by atoms with van der Waals surface area (Å²) in [6, 6.07) is 13.8. The summed E-state index contributed by atoms with van der Waals surface area (Å²) in [4.78, 5) is 23.0. The molecule has 0 bridgehead atoms. The summed E-state index contributed by atoms with van der Waals surface area (Å²) in [5.41, 5.74) is 2.53. The number of para-hydroxylation sites is 1. The normalized spacial score (nSPS) is 11.8. The highest BCUT2D eigenvalue weighted by Gasteiger charge is 2.21. The molecule has 0 spiro atoms. The summed E-state index contributed by atoms with van der Waals surface area (Å²) in [6.45, 7) is 6.32. The minimum atomic E-state index is -0.440. The van der Waals surface area contributed by atoms with Crippen LogP contribution in [0.3, 0.4) is 0 Å². The molecule has 1 atom stereocenters. The van der Waals surface area contributed by atoms with Crippen molar-refractivity contribution in [2.45, 2.75) is 37.7 Å². The average Bonchev–Trinajstić information content (AvgIpc) is 3.12. The molecule has 0 saturated carbocycles. The van der Waals surface area contributed by atoms with E-state index in [0.29, 0.717) is 17.5 Å². The third-order valence-electron chi connectivity index (χ3n) is 4.42. The predicted octanol–water partition coefficient (Wildman–Crippen LogP) is 4.30. The number of non-ortho nitro benzene ring substituents is 1. The Hall–Kier alpha value is -3.20. The molecular formula is C20H21N5O3S. The number of thioether (sulfide) groups is 1. The molecule has 1 aromatic heterocycles. The van der Waals surface area contributed by atoms with E-state index in [2.05, 4.69) is 15.5 Å². The fourth-order valence-electron chi connectivity index (χ4n) is 2.77. The van der Waals surface area contributed by atoms with E-state index in [1.165, 1.54) is 23.9 Å². The molecular weight excluding hydrogens is 390 g/mol. The Morgan fingerprint density at radius 1 is 1.21 bits per heavy atom. The molecule has 1 amide bonds. The molecule has 0 saturated heterocycles. The monoisotopic (exact) mass is 411 g/mol. The van der Waals surface area contributed by atoms with E-state index in [9.17, 15) is 14.9 Å². The zero-order valence-corrected chi connectivity index (χ0v) is 17.1. The van der Waals surface area contributed by atoms with Gasteiger partial charge >= 0.3 is 0 Å². The first-order valence-corrected chi connectivity index (χ1v) is 9.99. The summed E-state index contributed by atoms with van der Waals surface area (Å²) < 4.78 is 1.89. The standard InChI is InChI=1S/C20H21N5O3S/c1-4-24-18(15-9-11-16(12-10-15)25(27)28)22-23-20(24)29-14(3)19(26)21-17-8-6-5-7-13(17)2/h5-12,14H,4H2,1-3H3,(H,21,26)/t14-/m0/s1. The van der Waals surface area contributed by atoms with Gasteiger partial charge in [0.25, 0.3) is 5.69 Å². The fourth-order valence-corrected chi connectivity index (χ4v) is 3.68. The number of nitrogens with one attached hydrogen (secondary N) is 1. The van der Waals surface area contributed by atoms with Crippen LogP contribution in [0.2, 0.25) is 0 Å². The molecule has 0 radical (unpaired) electrons. The van der Waals surface area contributed by atoms with Crippen LogP contribution in [0.25, 0.3) is 11.4 Å². The number of amides is 1. The number of aryl methyl sites for hydroxylation is 1. The van der Waals surface area contributed by atoms with Crippen molar-refractivity contribution in [1.29, 1.82) is 0 Å². The van der Waals surface area contributed by atoms with E-state index in [1.54, 1.807) is 12.1 Å². The zero-order valence-electron chi connectivity index (χ0n) is 16.3. The maximum absolute atomic E-state index is 12.6. The van der Waals surface area contributed by atoms with Gasteiger partial charge in [-0.25, -0.2) is 0 Å². The van der Waals surface area contributed by atoms with E-state index in [1.807, 2.05) is 49.6 Å². The number of hydrogen-bond donors (Lipinski definition) is 1. The van der Waals surface area contributed by atoms with Crippen LogP contribution < -0.4 is 5.32 Å². The van der Waals surface area contributed by atoms with E-state index in [-0.39, 0.29) is 16.8 Å². The SMILES string of the molecule is CCn1c(S[C@@H](C)C(=O)Nc2ccccc2C)nnc1-c1ccc([N+](=O)[O-])cc1. The first kappa shape index (κ1) is 20.5. The quantitative estimate of drug-likeness (QED) is 0.353. The summed E-state index contributed by atoms with van der Waals surface area (Å²) >= 11 is 1.32. The molecule has 3 aromatic rings. The van der Waals surface area contributed by atoms with E-state index in [0.717, 1.165) is 16.8 Å². The Kier molecular flexibility index (Phi) is 6.28. The second-order valence-electron chi connectivity index (χ2n) is 6.42. The van der Waals surface area contributed by atoms with Gasteiger partial charge in [-0.3, -0.25) is 14.9 Å². The lowest BCUT2D eigenvalue weighted by Crippen LogP contribution is -2.23. The molecule has 0 unspecified atom stereocenters. The van der Waals surface area contributed by atoms with Crippen LogP contribution in [-0.2, 0) is 11.3 Å². The molecule has 0 aliphatic carbocycles. The minimum absolute atomic E-state index is 0.0208. The molecule has 3 rings (SSSR count). The highest BCUT2D eigenvalue weighted by molar-refractivity contribution is 8.00. The van der Waals surface area contributed by atoms with Crippen molar-refractivity contribution in [3.8, 4) is 11.4 Å². The number of carbonyl (C=O) groups excluding carboxylic acids is 1. The van der Waals surface area contributed by atoms with Gasteiger partial charge in [-0.15, -0.1) is 10.2 Å². The molecule has 150 valence electrons. The van der Waals surface area contributed by atoms with Gasteiger partial charge in [0.15, 0.2) is 11.0 Å². The van der Waals surface area contributed by atoms with Gasteiger partial charge in [0.2, 0.25) is 5.91 Å². The largest absolute Gasteiger partial charge is 0.325 e. The van der Waals surface area contributed by atoms with Crippen LogP contribution in [-0.4, -0.2) is 30.8 Å². The second kappa shape index (κ2) is 8.87. The first-order valence-electron chi connectivity index (χ1n) is 9.12. The topological polar surface area (TPSA) is 103 Å². The number of nitro groups is 1. The van der Waals surface area contributed by atoms with E-state index >= 15 is 0 Å². The van der Waals surface area contributed by atoms with Crippen molar-refractivity contribution in [2.24, 2.45) is 0 Å². The lowest BCUT2D eigenvalue weighted by Gasteiger charge is -2.14. The number of carbonyl (C=O) groups is 1. The molecule has 0 aliphatic rings. The van der Waals surface area contributed by atoms with Gasteiger partial charge in [0.05, 0.1) is 10.2 Å². The molecule has 2 aromatic carbocycles. The molecule has 1 N–H and O–H groups in total. The van der Waals surface area contributed by atoms with Gasteiger partial charge in [-0.2, -0.15) is 0 Å². The van der Waals surface area contributed by atoms with Crippen molar-refractivity contribution in [3.63, 3.8) is 0 Å². The maximum Gasteiger partial charge on any atom is 0.269 e. The molecule has 0 fully saturated rings. The maximum atomic E-state index is 12.6.